The molecule has 0 atom stereocenters. The molecule has 0 aromatic heterocycles. The van der Waals surface area contributed by atoms with Gasteiger partial charge in [0.1, 0.15) is 5.75 Å². The van der Waals surface area contributed by atoms with Gasteiger partial charge in [-0.1, -0.05) is 26.0 Å². The molecule has 0 saturated carbocycles. The summed E-state index contributed by atoms with van der Waals surface area (Å²) in [6, 6.07) is 12.4. The Hall–Kier alpha value is -2.91. The van der Waals surface area contributed by atoms with E-state index >= 15 is 0 Å². The Morgan fingerprint density at radius 3 is 2.43 bits per heavy atom. The largest absolute Gasteiger partial charge is 0.493 e. The van der Waals surface area contributed by atoms with Crippen LogP contribution >= 0.6 is 0 Å². The number of carbonyl (C=O) groups is 2. The number of ether oxygens (including phenoxy) is 2. The third kappa shape index (κ3) is 6.57. The van der Waals surface area contributed by atoms with Gasteiger partial charge in [-0.25, -0.2) is 17.5 Å². The highest BCUT2D eigenvalue weighted by molar-refractivity contribution is 7.89. The van der Waals surface area contributed by atoms with Crippen molar-refractivity contribution >= 4 is 27.6 Å². The van der Waals surface area contributed by atoms with Crippen molar-refractivity contribution in [1.29, 1.82) is 0 Å². The molecule has 2 aromatic rings. The van der Waals surface area contributed by atoms with Crippen LogP contribution in [0.5, 0.6) is 5.75 Å². The van der Waals surface area contributed by atoms with Gasteiger partial charge in [-0.05, 0) is 42.3 Å². The highest BCUT2D eigenvalue weighted by Gasteiger charge is 2.18. The fraction of sp³-hybridized carbons (Fsp3) is 0.333. The number of anilines is 1. The predicted octanol–water partition coefficient (Wildman–Crippen LogP) is 2.77. The van der Waals surface area contributed by atoms with Crippen molar-refractivity contribution in [1.82, 2.24) is 4.31 Å². The van der Waals surface area contributed by atoms with Gasteiger partial charge in [0.2, 0.25) is 10.0 Å². The number of nitrogens with one attached hydrogen (secondary N) is 1. The van der Waals surface area contributed by atoms with Gasteiger partial charge in [-0.2, -0.15) is 0 Å². The Morgan fingerprint density at radius 1 is 1.07 bits per heavy atom. The summed E-state index contributed by atoms with van der Waals surface area (Å²) in [4.78, 5) is 24.4. The summed E-state index contributed by atoms with van der Waals surface area (Å²) in [5, 5.41) is 2.52. The minimum Gasteiger partial charge on any atom is -0.493 e. The van der Waals surface area contributed by atoms with Crippen molar-refractivity contribution in [2.75, 3.05) is 32.6 Å². The molecule has 0 spiro atoms. The Morgan fingerprint density at radius 2 is 1.77 bits per heavy atom. The van der Waals surface area contributed by atoms with Gasteiger partial charge in [-0.15, -0.1) is 0 Å². The second-order valence-corrected chi connectivity index (χ2v) is 9.32. The van der Waals surface area contributed by atoms with Crippen molar-refractivity contribution in [3.05, 3.63) is 54.1 Å². The van der Waals surface area contributed by atoms with E-state index in [1.807, 2.05) is 13.8 Å². The third-order valence-electron chi connectivity index (χ3n) is 3.88. The normalized spacial score (nSPS) is 11.4. The molecular formula is C21H26N2O6S. The molecule has 0 fully saturated rings. The van der Waals surface area contributed by atoms with Crippen LogP contribution in [0.3, 0.4) is 0 Å². The van der Waals surface area contributed by atoms with Gasteiger partial charge in [0.05, 0.1) is 17.1 Å². The number of sulfonamides is 1. The lowest BCUT2D eigenvalue weighted by Crippen LogP contribution is -2.23. The first-order valence-electron chi connectivity index (χ1n) is 9.32. The van der Waals surface area contributed by atoms with Crippen LogP contribution in [-0.2, 0) is 19.6 Å². The van der Waals surface area contributed by atoms with E-state index in [9.17, 15) is 18.0 Å². The van der Waals surface area contributed by atoms with Crippen LogP contribution in [0.4, 0.5) is 5.69 Å². The van der Waals surface area contributed by atoms with Crippen molar-refractivity contribution in [2.24, 2.45) is 5.92 Å². The summed E-state index contributed by atoms with van der Waals surface area (Å²) < 4.78 is 36.1. The lowest BCUT2D eigenvalue weighted by atomic mass is 10.2. The quantitative estimate of drug-likeness (QED) is 0.609. The molecule has 0 saturated heterocycles. The lowest BCUT2D eigenvalue weighted by Gasteiger charge is -2.13. The number of carbonyl (C=O) groups excluding carboxylic acids is 2. The Bertz CT molecular complexity index is 1000. The molecule has 2 rings (SSSR count). The monoisotopic (exact) mass is 434 g/mol. The van der Waals surface area contributed by atoms with Crippen LogP contribution in [0.15, 0.2) is 53.4 Å². The number of hydrogen-bond donors (Lipinski definition) is 1. The molecule has 30 heavy (non-hydrogen) atoms. The smallest absolute Gasteiger partial charge is 0.338 e. The molecule has 2 aromatic carbocycles. The van der Waals surface area contributed by atoms with Crippen molar-refractivity contribution in [2.45, 2.75) is 18.7 Å². The van der Waals surface area contributed by atoms with Crippen molar-refractivity contribution < 1.29 is 27.5 Å². The minimum atomic E-state index is -3.63. The van der Waals surface area contributed by atoms with Crippen molar-refractivity contribution in [3.63, 3.8) is 0 Å². The van der Waals surface area contributed by atoms with E-state index in [4.69, 9.17) is 9.47 Å². The number of benzene rings is 2. The maximum atomic E-state index is 12.2. The van der Waals surface area contributed by atoms with Crippen LogP contribution in [0.1, 0.15) is 24.2 Å². The number of amides is 1. The molecule has 0 aliphatic carbocycles. The second kappa shape index (κ2) is 10.2. The molecule has 1 N–H and O–H groups in total. The molecule has 162 valence electrons. The maximum absolute atomic E-state index is 12.2. The van der Waals surface area contributed by atoms with E-state index in [-0.39, 0.29) is 16.1 Å². The van der Waals surface area contributed by atoms with E-state index in [1.54, 1.807) is 30.3 Å². The van der Waals surface area contributed by atoms with Crippen molar-refractivity contribution in [3.8, 4) is 5.75 Å². The molecule has 0 aliphatic rings. The fourth-order valence-electron chi connectivity index (χ4n) is 2.33. The first kappa shape index (κ1) is 23.4. The second-order valence-electron chi connectivity index (χ2n) is 7.17. The summed E-state index contributed by atoms with van der Waals surface area (Å²) in [7, 11) is -0.787. The van der Waals surface area contributed by atoms with Gasteiger partial charge < -0.3 is 14.8 Å². The van der Waals surface area contributed by atoms with Gasteiger partial charge in [0, 0.05) is 19.8 Å². The summed E-state index contributed by atoms with van der Waals surface area (Å²) in [6.07, 6.45) is 0. The summed E-state index contributed by atoms with van der Waals surface area (Å²) >= 11 is 0. The molecule has 0 unspecified atom stereocenters. The Kier molecular flexibility index (Phi) is 7.96. The molecule has 9 heteroatoms. The average Bonchev–Trinajstić information content (AvgIpc) is 2.70. The van der Waals surface area contributed by atoms with E-state index in [0.717, 1.165) is 4.31 Å². The van der Waals surface area contributed by atoms with Crippen LogP contribution in [-0.4, -0.2) is 51.9 Å². The standard InChI is InChI=1S/C21H26N2O6S/c1-15(2)13-28-18-9-5-7-16(11-18)21(25)29-14-20(24)22-17-8-6-10-19(12-17)30(26,27)23(3)4/h5-12,15H,13-14H2,1-4H3,(H,22,24). The zero-order chi connectivity index (χ0) is 22.3. The number of hydrogen-bond acceptors (Lipinski definition) is 6. The SMILES string of the molecule is CC(C)COc1cccc(C(=O)OCC(=O)Nc2cccc(S(=O)(=O)N(C)C)c2)c1. The zero-order valence-corrected chi connectivity index (χ0v) is 18.2. The molecule has 8 nitrogen and oxygen atoms in total. The Balaban J connectivity index is 1.95. The van der Waals surface area contributed by atoms with E-state index in [1.165, 1.54) is 32.3 Å². The van der Waals surface area contributed by atoms with Crippen LogP contribution in [0, 0.1) is 5.92 Å². The number of rotatable bonds is 9. The maximum Gasteiger partial charge on any atom is 0.338 e. The first-order valence-corrected chi connectivity index (χ1v) is 10.8. The molecule has 0 heterocycles. The average molecular weight is 435 g/mol. The van der Waals surface area contributed by atoms with E-state index in [2.05, 4.69) is 5.32 Å². The zero-order valence-electron chi connectivity index (χ0n) is 17.4. The summed E-state index contributed by atoms with van der Waals surface area (Å²) in [5.74, 6) is -0.365. The first-order chi connectivity index (χ1) is 14.1. The van der Waals surface area contributed by atoms with Gasteiger partial charge in [-0.3, -0.25) is 4.79 Å². The van der Waals surface area contributed by atoms with E-state index < -0.39 is 28.5 Å². The van der Waals surface area contributed by atoms with Crippen LogP contribution < -0.4 is 10.1 Å². The van der Waals surface area contributed by atoms with E-state index in [0.29, 0.717) is 18.3 Å². The van der Waals surface area contributed by atoms with Crippen LogP contribution in [0.2, 0.25) is 0 Å². The Labute approximate surface area is 176 Å². The summed E-state index contributed by atoms with van der Waals surface area (Å²) in [5.41, 5.74) is 0.547. The molecule has 0 aliphatic heterocycles. The lowest BCUT2D eigenvalue weighted by molar-refractivity contribution is -0.119. The predicted molar refractivity (Wildman–Crippen MR) is 113 cm³/mol. The number of esters is 1. The highest BCUT2D eigenvalue weighted by atomic mass is 32.2. The molecule has 0 radical (unpaired) electrons. The molecular weight excluding hydrogens is 408 g/mol. The van der Waals surface area contributed by atoms with Gasteiger partial charge >= 0.3 is 5.97 Å². The van der Waals surface area contributed by atoms with Crippen LogP contribution in [0.25, 0.3) is 0 Å². The minimum absolute atomic E-state index is 0.0421. The molecule has 0 bridgehead atoms. The molecule has 1 amide bonds. The van der Waals surface area contributed by atoms with Gasteiger partial charge in [0.25, 0.3) is 5.91 Å². The fourth-order valence-corrected chi connectivity index (χ4v) is 3.28. The van der Waals surface area contributed by atoms with Gasteiger partial charge in [0.15, 0.2) is 6.61 Å². The highest BCUT2D eigenvalue weighted by Crippen LogP contribution is 2.18. The third-order valence-corrected chi connectivity index (χ3v) is 5.69. The number of nitrogens with zero attached hydrogens (tertiary/aromatic N) is 1. The topological polar surface area (TPSA) is 102 Å². The summed E-state index contributed by atoms with van der Waals surface area (Å²) in [6.45, 7) is 4.04.